The van der Waals surface area contributed by atoms with E-state index in [4.69, 9.17) is 0 Å². The van der Waals surface area contributed by atoms with Crippen LogP contribution in [0.1, 0.15) is 58.1 Å². The van der Waals surface area contributed by atoms with Gasteiger partial charge in [-0.05, 0) is 49.4 Å². The van der Waals surface area contributed by atoms with Crippen molar-refractivity contribution in [2.45, 2.75) is 52.5 Å². The molecule has 2 heteroatoms. The van der Waals surface area contributed by atoms with Gasteiger partial charge in [-0.3, -0.25) is 0 Å². The quantitative estimate of drug-likeness (QED) is 0.857. The summed E-state index contributed by atoms with van der Waals surface area (Å²) in [5.41, 5.74) is 3.35. The average molecular weight is 274 g/mol. The van der Waals surface area contributed by atoms with Crippen LogP contribution in [0.4, 0.5) is 5.69 Å². The molecule has 1 fully saturated rings. The van der Waals surface area contributed by atoms with Gasteiger partial charge in [0.05, 0.1) is 0 Å². The molecule has 1 N–H and O–H groups in total. The van der Waals surface area contributed by atoms with E-state index in [0.717, 1.165) is 6.42 Å². The molecule has 1 aromatic carbocycles. The summed E-state index contributed by atoms with van der Waals surface area (Å²) in [5.74, 6) is 0. The molecule has 1 heterocycles. The van der Waals surface area contributed by atoms with Gasteiger partial charge in [-0.25, -0.2) is 0 Å². The highest BCUT2D eigenvalue weighted by Crippen LogP contribution is 2.35. The van der Waals surface area contributed by atoms with Gasteiger partial charge in [0, 0.05) is 24.8 Å². The Morgan fingerprint density at radius 3 is 2.20 bits per heavy atom. The summed E-state index contributed by atoms with van der Waals surface area (Å²) in [7, 11) is 2.04. The first-order valence-electron chi connectivity index (χ1n) is 8.14. The van der Waals surface area contributed by atoms with E-state index in [1.807, 2.05) is 7.05 Å². The number of hydrogen-bond acceptors (Lipinski definition) is 2. The van der Waals surface area contributed by atoms with E-state index in [1.54, 1.807) is 0 Å². The second kappa shape index (κ2) is 6.62. The normalized spacial score (nSPS) is 19.9. The predicted molar refractivity (Wildman–Crippen MR) is 88.4 cm³/mol. The van der Waals surface area contributed by atoms with Gasteiger partial charge in [0.2, 0.25) is 0 Å². The van der Waals surface area contributed by atoms with Crippen molar-refractivity contribution in [2.24, 2.45) is 5.41 Å². The summed E-state index contributed by atoms with van der Waals surface area (Å²) in [6.45, 7) is 9.39. The van der Waals surface area contributed by atoms with Crippen LogP contribution in [-0.2, 0) is 0 Å². The van der Waals surface area contributed by atoms with Crippen LogP contribution < -0.4 is 10.2 Å². The summed E-state index contributed by atoms with van der Waals surface area (Å²) in [6, 6.07) is 9.64. The Morgan fingerprint density at radius 2 is 1.75 bits per heavy atom. The molecule has 0 aliphatic carbocycles. The third-order valence-electron chi connectivity index (χ3n) is 5.24. The zero-order valence-corrected chi connectivity index (χ0v) is 13.6. The minimum Gasteiger partial charge on any atom is -0.371 e. The average Bonchev–Trinajstić information content (AvgIpc) is 2.50. The van der Waals surface area contributed by atoms with E-state index < -0.39 is 0 Å². The SMILES string of the molecule is CCC(NC)c1ccc(N2CCC(C)(CC)CC2)cc1. The third-order valence-corrected chi connectivity index (χ3v) is 5.24. The second-order valence-corrected chi connectivity index (χ2v) is 6.49. The van der Waals surface area contributed by atoms with Gasteiger partial charge in [-0.2, -0.15) is 0 Å². The van der Waals surface area contributed by atoms with Crippen LogP contribution in [0, 0.1) is 5.41 Å². The van der Waals surface area contributed by atoms with E-state index in [-0.39, 0.29) is 0 Å². The minimum atomic E-state index is 0.480. The molecule has 2 nitrogen and oxygen atoms in total. The van der Waals surface area contributed by atoms with Crippen molar-refractivity contribution in [3.63, 3.8) is 0 Å². The van der Waals surface area contributed by atoms with E-state index >= 15 is 0 Å². The highest BCUT2D eigenvalue weighted by atomic mass is 15.1. The van der Waals surface area contributed by atoms with Crippen molar-refractivity contribution < 1.29 is 0 Å². The van der Waals surface area contributed by atoms with Crippen LogP contribution in [0.25, 0.3) is 0 Å². The fourth-order valence-electron chi connectivity index (χ4n) is 3.18. The van der Waals surface area contributed by atoms with Crippen LogP contribution in [0.15, 0.2) is 24.3 Å². The van der Waals surface area contributed by atoms with E-state index in [0.29, 0.717) is 11.5 Å². The highest BCUT2D eigenvalue weighted by Gasteiger charge is 2.28. The van der Waals surface area contributed by atoms with Crippen molar-refractivity contribution >= 4 is 5.69 Å². The number of anilines is 1. The Bertz CT molecular complexity index is 398. The Labute approximate surface area is 124 Å². The Morgan fingerprint density at radius 1 is 1.15 bits per heavy atom. The Hall–Kier alpha value is -1.02. The molecule has 1 aliphatic rings. The monoisotopic (exact) mass is 274 g/mol. The van der Waals surface area contributed by atoms with Gasteiger partial charge in [0.25, 0.3) is 0 Å². The van der Waals surface area contributed by atoms with Crippen molar-refractivity contribution in [1.82, 2.24) is 5.32 Å². The lowest BCUT2D eigenvalue weighted by molar-refractivity contribution is 0.238. The molecule has 112 valence electrons. The van der Waals surface area contributed by atoms with Gasteiger partial charge in [-0.15, -0.1) is 0 Å². The maximum absolute atomic E-state index is 3.37. The summed E-state index contributed by atoms with van der Waals surface area (Å²) in [5, 5.41) is 3.37. The molecule has 0 bridgehead atoms. The van der Waals surface area contributed by atoms with Crippen molar-refractivity contribution in [2.75, 3.05) is 25.0 Å². The number of nitrogens with one attached hydrogen (secondary N) is 1. The van der Waals surface area contributed by atoms with E-state index in [1.165, 1.54) is 43.6 Å². The molecule has 0 radical (unpaired) electrons. The van der Waals surface area contributed by atoms with Gasteiger partial charge < -0.3 is 10.2 Å². The van der Waals surface area contributed by atoms with E-state index in [9.17, 15) is 0 Å². The summed E-state index contributed by atoms with van der Waals surface area (Å²) in [6.07, 6.45) is 5.08. The number of hydrogen-bond donors (Lipinski definition) is 1. The third kappa shape index (κ3) is 3.35. The molecule has 2 rings (SSSR count). The van der Waals surface area contributed by atoms with Crippen LogP contribution in [0.5, 0.6) is 0 Å². The van der Waals surface area contributed by atoms with Gasteiger partial charge in [-0.1, -0.05) is 39.3 Å². The molecule has 0 aromatic heterocycles. The van der Waals surface area contributed by atoms with E-state index in [2.05, 4.69) is 55.3 Å². The standard InChI is InChI=1S/C18H30N2/c1-5-17(19-4)15-7-9-16(10-8-15)20-13-11-18(3,6-2)12-14-20/h7-10,17,19H,5-6,11-14H2,1-4H3. The molecule has 0 saturated carbocycles. The van der Waals surface area contributed by atoms with Crippen molar-refractivity contribution in [1.29, 1.82) is 0 Å². The van der Waals surface area contributed by atoms with Crippen LogP contribution in [-0.4, -0.2) is 20.1 Å². The molecular formula is C18H30N2. The first-order valence-corrected chi connectivity index (χ1v) is 8.14. The molecular weight excluding hydrogens is 244 g/mol. The predicted octanol–water partition coefficient (Wildman–Crippen LogP) is 4.37. The smallest absolute Gasteiger partial charge is 0.0366 e. The lowest BCUT2D eigenvalue weighted by Gasteiger charge is -2.40. The molecule has 1 aromatic rings. The second-order valence-electron chi connectivity index (χ2n) is 6.49. The Balaban J connectivity index is 2.01. The molecule has 1 atom stereocenters. The number of piperidine rings is 1. The minimum absolute atomic E-state index is 0.480. The lowest BCUT2D eigenvalue weighted by Crippen LogP contribution is -2.38. The zero-order valence-electron chi connectivity index (χ0n) is 13.6. The van der Waals surface area contributed by atoms with Gasteiger partial charge in [0.1, 0.15) is 0 Å². The first-order chi connectivity index (χ1) is 9.61. The first kappa shape index (κ1) is 15.4. The molecule has 1 saturated heterocycles. The van der Waals surface area contributed by atoms with Crippen molar-refractivity contribution in [3.8, 4) is 0 Å². The summed E-state index contributed by atoms with van der Waals surface area (Å²) in [4.78, 5) is 2.54. The number of rotatable bonds is 5. The van der Waals surface area contributed by atoms with Crippen LogP contribution >= 0.6 is 0 Å². The summed E-state index contributed by atoms with van der Waals surface area (Å²) < 4.78 is 0. The highest BCUT2D eigenvalue weighted by molar-refractivity contribution is 5.48. The Kier molecular flexibility index (Phi) is 5.09. The number of benzene rings is 1. The zero-order chi connectivity index (χ0) is 14.6. The molecule has 1 unspecified atom stereocenters. The molecule has 20 heavy (non-hydrogen) atoms. The lowest BCUT2D eigenvalue weighted by atomic mass is 9.78. The van der Waals surface area contributed by atoms with Crippen LogP contribution in [0.2, 0.25) is 0 Å². The maximum Gasteiger partial charge on any atom is 0.0366 e. The topological polar surface area (TPSA) is 15.3 Å². The largest absolute Gasteiger partial charge is 0.371 e. The fourth-order valence-corrected chi connectivity index (χ4v) is 3.18. The fraction of sp³-hybridized carbons (Fsp3) is 0.667. The molecule has 0 amide bonds. The summed E-state index contributed by atoms with van der Waals surface area (Å²) >= 11 is 0. The maximum atomic E-state index is 3.37. The van der Waals surface area contributed by atoms with Crippen LogP contribution in [0.3, 0.4) is 0 Å². The molecule has 0 spiro atoms. The van der Waals surface area contributed by atoms with Crippen molar-refractivity contribution in [3.05, 3.63) is 29.8 Å². The van der Waals surface area contributed by atoms with Gasteiger partial charge in [0.15, 0.2) is 0 Å². The number of nitrogens with zero attached hydrogens (tertiary/aromatic N) is 1. The van der Waals surface area contributed by atoms with Gasteiger partial charge >= 0.3 is 0 Å². The molecule has 1 aliphatic heterocycles.